The summed E-state index contributed by atoms with van der Waals surface area (Å²) < 4.78 is 0. The highest BCUT2D eigenvalue weighted by Gasteiger charge is 2.29. The minimum atomic E-state index is -0.311. The van der Waals surface area contributed by atoms with Crippen LogP contribution in [0.25, 0.3) is 0 Å². The molecule has 0 aromatic carbocycles. The molecule has 0 aromatic heterocycles. The molecule has 0 radical (unpaired) electrons. The smallest absolute Gasteiger partial charge is 0.0647 e. The Bertz CT molecular complexity index is 301. The molecule has 2 aliphatic rings. The summed E-state index contributed by atoms with van der Waals surface area (Å²) in [6.45, 7) is 4.87. The van der Waals surface area contributed by atoms with Gasteiger partial charge in [0.25, 0.3) is 0 Å². The molecule has 0 spiro atoms. The molecule has 1 nitrogen and oxygen atoms in total. The predicted octanol–water partition coefficient (Wildman–Crippen LogP) is 5.48. The van der Waals surface area contributed by atoms with Crippen LogP contribution >= 0.6 is 0 Å². The molecule has 116 valence electrons. The van der Waals surface area contributed by atoms with Crippen LogP contribution in [0.1, 0.15) is 84.5 Å². The van der Waals surface area contributed by atoms with Gasteiger partial charge >= 0.3 is 0 Å². The third kappa shape index (κ3) is 4.62. The summed E-state index contributed by atoms with van der Waals surface area (Å²) in [5.41, 5.74) is -0.311. The highest BCUT2D eigenvalue weighted by molar-refractivity contribution is 4.92. The van der Waals surface area contributed by atoms with Crippen LogP contribution < -0.4 is 0 Å². The fraction of sp³-hybridized carbons (Fsp3) is 0.895. The van der Waals surface area contributed by atoms with E-state index in [0.29, 0.717) is 0 Å². The molecule has 3 atom stereocenters. The molecule has 1 heteroatoms. The van der Waals surface area contributed by atoms with E-state index >= 15 is 0 Å². The molecule has 2 aliphatic carbocycles. The zero-order valence-electron chi connectivity index (χ0n) is 13.6. The van der Waals surface area contributed by atoms with Gasteiger partial charge in [-0.25, -0.2) is 0 Å². The molecule has 3 unspecified atom stereocenters. The fourth-order valence-electron chi connectivity index (χ4n) is 4.24. The van der Waals surface area contributed by atoms with Gasteiger partial charge in [0.1, 0.15) is 0 Å². The summed E-state index contributed by atoms with van der Waals surface area (Å²) in [4.78, 5) is 0. The normalized spacial score (nSPS) is 29.1. The Morgan fingerprint density at radius 3 is 2.55 bits per heavy atom. The van der Waals surface area contributed by atoms with Crippen molar-refractivity contribution in [2.24, 2.45) is 17.8 Å². The lowest BCUT2D eigenvalue weighted by molar-refractivity contribution is -0.00720. The predicted molar refractivity (Wildman–Crippen MR) is 86.7 cm³/mol. The quantitative estimate of drug-likeness (QED) is 0.638. The van der Waals surface area contributed by atoms with Crippen molar-refractivity contribution in [1.29, 1.82) is 0 Å². The van der Waals surface area contributed by atoms with Gasteiger partial charge in [-0.3, -0.25) is 0 Å². The van der Waals surface area contributed by atoms with Crippen molar-refractivity contribution in [3.05, 3.63) is 12.2 Å². The Kier molecular flexibility index (Phi) is 6.14. The van der Waals surface area contributed by atoms with E-state index < -0.39 is 0 Å². The van der Waals surface area contributed by atoms with E-state index in [1.807, 2.05) is 0 Å². The SMILES string of the molecule is CC(CCCC1(O)CCCCC1)C(C)C1CC=CCC1. The monoisotopic (exact) mass is 278 g/mol. The molecule has 0 bridgehead atoms. The second kappa shape index (κ2) is 7.64. The summed E-state index contributed by atoms with van der Waals surface area (Å²) in [5, 5.41) is 10.6. The number of hydrogen-bond acceptors (Lipinski definition) is 1. The molecule has 0 amide bonds. The number of rotatable bonds is 6. The third-order valence-corrected chi connectivity index (χ3v) is 6.04. The Balaban J connectivity index is 1.68. The molecule has 0 aliphatic heterocycles. The maximum atomic E-state index is 10.6. The van der Waals surface area contributed by atoms with Gasteiger partial charge in [0.2, 0.25) is 0 Å². The Hall–Kier alpha value is -0.300. The zero-order valence-corrected chi connectivity index (χ0v) is 13.6. The van der Waals surface area contributed by atoms with Crippen molar-refractivity contribution in [1.82, 2.24) is 0 Å². The largest absolute Gasteiger partial charge is 0.390 e. The van der Waals surface area contributed by atoms with Crippen LogP contribution in [0.4, 0.5) is 0 Å². The summed E-state index contributed by atoms with van der Waals surface area (Å²) >= 11 is 0. The number of allylic oxidation sites excluding steroid dienone is 2. The van der Waals surface area contributed by atoms with E-state index in [1.54, 1.807) is 0 Å². The lowest BCUT2D eigenvalue weighted by atomic mass is 9.75. The average Bonchev–Trinajstić information content (AvgIpc) is 2.48. The van der Waals surface area contributed by atoms with Crippen LogP contribution in [0.2, 0.25) is 0 Å². The van der Waals surface area contributed by atoms with E-state index in [9.17, 15) is 5.11 Å². The van der Waals surface area contributed by atoms with Gasteiger partial charge in [-0.15, -0.1) is 0 Å². The average molecular weight is 278 g/mol. The van der Waals surface area contributed by atoms with Crippen molar-refractivity contribution < 1.29 is 5.11 Å². The van der Waals surface area contributed by atoms with Crippen molar-refractivity contribution >= 4 is 0 Å². The van der Waals surface area contributed by atoms with E-state index in [0.717, 1.165) is 37.0 Å². The number of aliphatic hydroxyl groups is 1. The van der Waals surface area contributed by atoms with E-state index in [1.165, 1.54) is 51.4 Å². The van der Waals surface area contributed by atoms with E-state index in [2.05, 4.69) is 26.0 Å². The van der Waals surface area contributed by atoms with E-state index in [4.69, 9.17) is 0 Å². The van der Waals surface area contributed by atoms with Crippen LogP contribution in [-0.2, 0) is 0 Å². The van der Waals surface area contributed by atoms with Gasteiger partial charge in [-0.1, -0.05) is 58.1 Å². The molecule has 0 aromatic rings. The minimum Gasteiger partial charge on any atom is -0.390 e. The molecule has 1 N–H and O–H groups in total. The highest BCUT2D eigenvalue weighted by Crippen LogP contribution is 2.36. The van der Waals surface area contributed by atoms with Crippen LogP contribution in [0.15, 0.2) is 12.2 Å². The first kappa shape index (κ1) is 16.1. The molecule has 1 fully saturated rings. The zero-order chi connectivity index (χ0) is 14.4. The first-order valence-electron chi connectivity index (χ1n) is 8.98. The fourth-order valence-corrected chi connectivity index (χ4v) is 4.24. The summed E-state index contributed by atoms with van der Waals surface area (Å²) in [5.74, 6) is 2.53. The van der Waals surface area contributed by atoms with Gasteiger partial charge < -0.3 is 5.11 Å². The van der Waals surface area contributed by atoms with Gasteiger partial charge in [-0.05, 0) is 56.3 Å². The first-order valence-corrected chi connectivity index (χ1v) is 8.98. The van der Waals surface area contributed by atoms with Crippen LogP contribution in [-0.4, -0.2) is 10.7 Å². The minimum absolute atomic E-state index is 0.311. The topological polar surface area (TPSA) is 20.2 Å². The van der Waals surface area contributed by atoms with Crippen molar-refractivity contribution in [3.63, 3.8) is 0 Å². The molecule has 2 rings (SSSR count). The first-order chi connectivity index (χ1) is 9.61. The van der Waals surface area contributed by atoms with Crippen LogP contribution in [0, 0.1) is 17.8 Å². The molecule has 20 heavy (non-hydrogen) atoms. The summed E-state index contributed by atoms with van der Waals surface area (Å²) in [6.07, 6.45) is 18.1. The third-order valence-electron chi connectivity index (χ3n) is 6.04. The number of hydrogen-bond donors (Lipinski definition) is 1. The summed E-state index contributed by atoms with van der Waals surface area (Å²) in [7, 11) is 0. The van der Waals surface area contributed by atoms with Crippen LogP contribution in [0.5, 0.6) is 0 Å². The standard InChI is InChI=1S/C19H34O/c1-16(17(2)18-11-5-3-6-12-18)10-9-15-19(20)13-7-4-8-14-19/h3,5,16-18,20H,4,6-15H2,1-2H3. The molecular formula is C19H34O. The van der Waals surface area contributed by atoms with Crippen molar-refractivity contribution in [3.8, 4) is 0 Å². The molecular weight excluding hydrogens is 244 g/mol. The molecule has 0 saturated heterocycles. The van der Waals surface area contributed by atoms with Gasteiger partial charge in [0.05, 0.1) is 5.60 Å². The lowest BCUT2D eigenvalue weighted by Gasteiger charge is -2.33. The maximum Gasteiger partial charge on any atom is 0.0647 e. The second-order valence-electron chi connectivity index (χ2n) is 7.56. The lowest BCUT2D eigenvalue weighted by Crippen LogP contribution is -2.31. The van der Waals surface area contributed by atoms with Crippen LogP contribution in [0.3, 0.4) is 0 Å². The van der Waals surface area contributed by atoms with Gasteiger partial charge in [-0.2, -0.15) is 0 Å². The maximum absolute atomic E-state index is 10.6. The van der Waals surface area contributed by atoms with Crippen molar-refractivity contribution in [2.45, 2.75) is 90.1 Å². The highest BCUT2D eigenvalue weighted by atomic mass is 16.3. The summed E-state index contributed by atoms with van der Waals surface area (Å²) in [6, 6.07) is 0. The second-order valence-corrected chi connectivity index (χ2v) is 7.56. The molecule has 0 heterocycles. The van der Waals surface area contributed by atoms with Crippen molar-refractivity contribution in [2.75, 3.05) is 0 Å². The Labute approximate surface area is 125 Å². The van der Waals surface area contributed by atoms with E-state index in [-0.39, 0.29) is 5.60 Å². The van der Waals surface area contributed by atoms with Gasteiger partial charge in [0, 0.05) is 0 Å². The van der Waals surface area contributed by atoms with Gasteiger partial charge in [0.15, 0.2) is 0 Å². The Morgan fingerprint density at radius 2 is 1.90 bits per heavy atom. The Morgan fingerprint density at radius 1 is 1.15 bits per heavy atom. The molecule has 1 saturated carbocycles.